The molecule has 2 N–H and O–H groups in total. The van der Waals surface area contributed by atoms with Gasteiger partial charge in [-0.1, -0.05) is 12.8 Å². The molecular formula is C14H26N2O3. The van der Waals surface area contributed by atoms with Gasteiger partial charge in [-0.2, -0.15) is 5.06 Å². The number of carbonyl (C=O) groups is 1. The first-order chi connectivity index (χ1) is 9.19. The Kier molecular flexibility index (Phi) is 5.60. The molecule has 110 valence electrons. The van der Waals surface area contributed by atoms with Crippen LogP contribution in [0.5, 0.6) is 0 Å². The SMILES string of the molecule is CON1CCC(NC2CCCC[C@@H]2CC(=O)O)CC1. The second-order valence-electron chi connectivity index (χ2n) is 5.80. The van der Waals surface area contributed by atoms with Crippen molar-refractivity contribution in [3.05, 3.63) is 0 Å². The Labute approximate surface area is 115 Å². The van der Waals surface area contributed by atoms with Gasteiger partial charge in [0.2, 0.25) is 0 Å². The summed E-state index contributed by atoms with van der Waals surface area (Å²) < 4.78 is 0. The Morgan fingerprint density at radius 2 is 1.95 bits per heavy atom. The summed E-state index contributed by atoms with van der Waals surface area (Å²) in [6.07, 6.45) is 7.08. The van der Waals surface area contributed by atoms with Crippen LogP contribution in [0.25, 0.3) is 0 Å². The minimum atomic E-state index is -0.659. The van der Waals surface area contributed by atoms with Gasteiger partial charge in [0.25, 0.3) is 0 Å². The van der Waals surface area contributed by atoms with E-state index in [-0.39, 0.29) is 0 Å². The molecule has 0 bridgehead atoms. The number of hydrogen-bond acceptors (Lipinski definition) is 4. The average molecular weight is 270 g/mol. The number of carboxylic acid groups (broad SMARTS) is 1. The van der Waals surface area contributed by atoms with Crippen LogP contribution in [-0.2, 0) is 9.63 Å². The van der Waals surface area contributed by atoms with Gasteiger partial charge in [-0.15, -0.1) is 0 Å². The molecule has 1 aliphatic carbocycles. The molecule has 0 amide bonds. The highest BCUT2D eigenvalue weighted by Gasteiger charge is 2.29. The monoisotopic (exact) mass is 270 g/mol. The summed E-state index contributed by atoms with van der Waals surface area (Å²) in [7, 11) is 1.72. The summed E-state index contributed by atoms with van der Waals surface area (Å²) in [5.74, 6) is -0.348. The molecule has 0 aromatic heterocycles. The van der Waals surface area contributed by atoms with E-state index in [9.17, 15) is 4.79 Å². The van der Waals surface area contributed by atoms with E-state index in [1.807, 2.05) is 5.06 Å². The molecule has 19 heavy (non-hydrogen) atoms. The molecule has 1 saturated carbocycles. The van der Waals surface area contributed by atoms with Crippen molar-refractivity contribution in [3.63, 3.8) is 0 Å². The molecule has 2 atom stereocenters. The highest BCUT2D eigenvalue weighted by Crippen LogP contribution is 2.28. The zero-order valence-corrected chi connectivity index (χ0v) is 11.8. The van der Waals surface area contributed by atoms with E-state index in [1.165, 1.54) is 12.8 Å². The van der Waals surface area contributed by atoms with E-state index in [0.29, 0.717) is 24.4 Å². The molecule has 2 rings (SSSR count). The van der Waals surface area contributed by atoms with E-state index in [1.54, 1.807) is 7.11 Å². The standard InChI is InChI=1S/C14H26N2O3/c1-19-16-8-6-12(7-9-16)15-13-5-3-2-4-11(13)10-14(17)18/h11-13,15H,2-10H2,1H3,(H,17,18)/t11-,13?/m1/s1. The fourth-order valence-electron chi connectivity index (χ4n) is 3.40. The van der Waals surface area contributed by atoms with Crippen LogP contribution >= 0.6 is 0 Å². The second kappa shape index (κ2) is 7.22. The van der Waals surface area contributed by atoms with Gasteiger partial charge in [-0.3, -0.25) is 4.79 Å². The number of aliphatic carboxylic acids is 1. The van der Waals surface area contributed by atoms with Crippen LogP contribution in [0.1, 0.15) is 44.9 Å². The van der Waals surface area contributed by atoms with Gasteiger partial charge in [-0.25, -0.2) is 0 Å². The average Bonchev–Trinajstić information content (AvgIpc) is 2.41. The number of hydrogen-bond donors (Lipinski definition) is 2. The molecule has 1 heterocycles. The third kappa shape index (κ3) is 4.44. The van der Waals surface area contributed by atoms with Crippen LogP contribution in [0, 0.1) is 5.92 Å². The molecule has 0 aromatic carbocycles. The van der Waals surface area contributed by atoms with Gasteiger partial charge in [0.15, 0.2) is 0 Å². The van der Waals surface area contributed by atoms with Crippen molar-refractivity contribution < 1.29 is 14.7 Å². The largest absolute Gasteiger partial charge is 0.481 e. The van der Waals surface area contributed by atoms with Crippen molar-refractivity contribution in [2.45, 2.75) is 57.0 Å². The number of carboxylic acids is 1. The van der Waals surface area contributed by atoms with E-state index in [2.05, 4.69) is 5.32 Å². The van der Waals surface area contributed by atoms with E-state index < -0.39 is 5.97 Å². The molecule has 2 aliphatic rings. The van der Waals surface area contributed by atoms with Gasteiger partial charge in [0, 0.05) is 31.6 Å². The summed E-state index contributed by atoms with van der Waals surface area (Å²) in [6, 6.07) is 0.912. The normalized spacial score (nSPS) is 30.4. The van der Waals surface area contributed by atoms with Crippen molar-refractivity contribution in [2.24, 2.45) is 5.92 Å². The maximum absolute atomic E-state index is 10.9. The van der Waals surface area contributed by atoms with E-state index in [4.69, 9.17) is 9.94 Å². The number of hydroxylamine groups is 2. The molecule has 1 aliphatic heterocycles. The number of rotatable bonds is 5. The Balaban J connectivity index is 1.80. The molecule has 0 radical (unpaired) electrons. The fourth-order valence-corrected chi connectivity index (χ4v) is 3.40. The van der Waals surface area contributed by atoms with E-state index >= 15 is 0 Å². The summed E-state index contributed by atoms with van der Waals surface area (Å²) in [6.45, 7) is 1.93. The quantitative estimate of drug-likeness (QED) is 0.795. The van der Waals surface area contributed by atoms with Crippen LogP contribution in [0.15, 0.2) is 0 Å². The van der Waals surface area contributed by atoms with E-state index in [0.717, 1.165) is 38.8 Å². The topological polar surface area (TPSA) is 61.8 Å². The third-order valence-corrected chi connectivity index (χ3v) is 4.51. The van der Waals surface area contributed by atoms with Crippen molar-refractivity contribution in [1.82, 2.24) is 10.4 Å². The Bertz CT molecular complexity index is 290. The van der Waals surface area contributed by atoms with Gasteiger partial charge in [0.1, 0.15) is 0 Å². The maximum Gasteiger partial charge on any atom is 0.303 e. The van der Waals surface area contributed by atoms with Crippen LogP contribution in [0.4, 0.5) is 0 Å². The zero-order valence-electron chi connectivity index (χ0n) is 11.8. The molecule has 0 spiro atoms. The highest BCUT2D eigenvalue weighted by molar-refractivity contribution is 5.67. The van der Waals surface area contributed by atoms with Gasteiger partial charge in [-0.05, 0) is 31.6 Å². The Morgan fingerprint density at radius 1 is 1.26 bits per heavy atom. The lowest BCUT2D eigenvalue weighted by molar-refractivity contribution is -0.145. The first-order valence-electron chi connectivity index (χ1n) is 7.46. The molecule has 0 aromatic rings. The summed E-state index contributed by atoms with van der Waals surface area (Å²) in [5.41, 5.74) is 0. The minimum absolute atomic E-state index is 0.312. The van der Waals surface area contributed by atoms with Crippen molar-refractivity contribution in [1.29, 1.82) is 0 Å². The van der Waals surface area contributed by atoms with Gasteiger partial charge >= 0.3 is 5.97 Å². The summed E-state index contributed by atoms with van der Waals surface area (Å²) in [4.78, 5) is 16.2. The molecule has 2 fully saturated rings. The Morgan fingerprint density at radius 3 is 2.58 bits per heavy atom. The lowest BCUT2D eigenvalue weighted by Gasteiger charge is -2.37. The van der Waals surface area contributed by atoms with Crippen LogP contribution in [-0.4, -0.2) is 48.4 Å². The lowest BCUT2D eigenvalue weighted by atomic mass is 9.81. The van der Waals surface area contributed by atoms with Crippen LogP contribution < -0.4 is 5.32 Å². The third-order valence-electron chi connectivity index (χ3n) is 4.51. The molecule has 1 unspecified atom stereocenters. The zero-order chi connectivity index (χ0) is 13.7. The fraction of sp³-hybridized carbons (Fsp3) is 0.929. The predicted octanol–water partition coefficient (Wildman–Crippen LogP) is 1.64. The highest BCUT2D eigenvalue weighted by atomic mass is 16.7. The number of nitrogens with zero attached hydrogens (tertiary/aromatic N) is 1. The Hall–Kier alpha value is -0.650. The smallest absolute Gasteiger partial charge is 0.303 e. The minimum Gasteiger partial charge on any atom is -0.481 e. The van der Waals surface area contributed by atoms with Gasteiger partial charge < -0.3 is 15.3 Å². The number of piperidine rings is 1. The molecule has 5 nitrogen and oxygen atoms in total. The first kappa shape index (κ1) is 14.8. The number of nitrogens with one attached hydrogen (secondary N) is 1. The van der Waals surface area contributed by atoms with Crippen molar-refractivity contribution in [2.75, 3.05) is 20.2 Å². The predicted molar refractivity (Wildman–Crippen MR) is 72.7 cm³/mol. The van der Waals surface area contributed by atoms with Crippen LogP contribution in [0.2, 0.25) is 0 Å². The molecule has 5 heteroatoms. The summed E-state index contributed by atoms with van der Waals surface area (Å²) >= 11 is 0. The lowest BCUT2D eigenvalue weighted by Crippen LogP contribution is -2.49. The second-order valence-corrected chi connectivity index (χ2v) is 5.80. The van der Waals surface area contributed by atoms with Crippen molar-refractivity contribution >= 4 is 5.97 Å². The first-order valence-corrected chi connectivity index (χ1v) is 7.46. The molecular weight excluding hydrogens is 244 g/mol. The molecule has 1 saturated heterocycles. The van der Waals surface area contributed by atoms with Gasteiger partial charge in [0.05, 0.1) is 7.11 Å². The maximum atomic E-state index is 10.9. The van der Waals surface area contributed by atoms with Crippen molar-refractivity contribution in [3.8, 4) is 0 Å². The summed E-state index contributed by atoms with van der Waals surface area (Å²) in [5, 5.41) is 14.7. The van der Waals surface area contributed by atoms with Crippen LogP contribution in [0.3, 0.4) is 0 Å².